The zero-order chi connectivity index (χ0) is 25.7. The number of amidine groups is 1. The van der Waals surface area contributed by atoms with Crippen molar-refractivity contribution in [3.8, 4) is 0 Å². The maximum absolute atomic E-state index is 13.9. The summed E-state index contributed by atoms with van der Waals surface area (Å²) in [6, 6.07) is 3.52. The molecule has 2 unspecified atom stereocenters. The van der Waals surface area contributed by atoms with Gasteiger partial charge in [-0.05, 0) is 31.0 Å². The number of nitrogens with one attached hydrogen (secondary N) is 1. The lowest BCUT2D eigenvalue weighted by Crippen LogP contribution is -2.46. The molecule has 0 saturated carbocycles. The molecule has 1 fully saturated rings. The first-order valence-corrected chi connectivity index (χ1v) is 13.2. The van der Waals surface area contributed by atoms with Crippen LogP contribution >= 0.6 is 27.3 Å². The third-order valence-electron chi connectivity index (χ3n) is 5.84. The molecule has 4 rings (SSSR count). The van der Waals surface area contributed by atoms with E-state index in [-0.39, 0.29) is 19.1 Å². The number of morpholine rings is 1. The number of carboxylic acid groups (broad SMARTS) is 1. The Labute approximate surface area is 220 Å². The minimum Gasteiger partial charge on any atom is -0.481 e. The summed E-state index contributed by atoms with van der Waals surface area (Å²) in [6.07, 6.45) is 0.202. The highest BCUT2D eigenvalue weighted by molar-refractivity contribution is 9.10. The number of rotatable bonds is 9. The molecule has 0 spiro atoms. The van der Waals surface area contributed by atoms with Crippen molar-refractivity contribution >= 4 is 45.0 Å². The van der Waals surface area contributed by atoms with E-state index in [9.17, 15) is 14.0 Å². The van der Waals surface area contributed by atoms with Crippen molar-refractivity contribution < 1.29 is 28.6 Å². The highest BCUT2D eigenvalue weighted by atomic mass is 79.9. The zero-order valence-electron chi connectivity index (χ0n) is 19.6. The SMILES string of the molecule is CCOC(=O)C1=C(CN2CCOC(CCC(=O)O)C2)NC(c2cscn2)=NC1c1ccc(F)cc1Br. The third-order valence-corrected chi connectivity index (χ3v) is 7.11. The number of thiazole rings is 1. The van der Waals surface area contributed by atoms with E-state index in [1.807, 2.05) is 5.38 Å². The number of esters is 1. The van der Waals surface area contributed by atoms with Gasteiger partial charge in [0.05, 0.1) is 30.4 Å². The second-order valence-corrected chi connectivity index (χ2v) is 9.89. The summed E-state index contributed by atoms with van der Waals surface area (Å²) in [5.74, 6) is -1.30. The number of nitrogens with zero attached hydrogens (tertiary/aromatic N) is 3. The van der Waals surface area contributed by atoms with Gasteiger partial charge >= 0.3 is 11.9 Å². The van der Waals surface area contributed by atoms with Gasteiger partial charge in [0.25, 0.3) is 0 Å². The minimum atomic E-state index is -0.867. The van der Waals surface area contributed by atoms with Crippen LogP contribution in [0.4, 0.5) is 4.39 Å². The number of aromatic nitrogens is 1. The molecule has 0 bridgehead atoms. The smallest absolute Gasteiger partial charge is 0.338 e. The Morgan fingerprint density at radius 2 is 2.25 bits per heavy atom. The first-order chi connectivity index (χ1) is 17.4. The molecule has 2 N–H and O–H groups in total. The first kappa shape index (κ1) is 26.4. The van der Waals surface area contributed by atoms with Crippen molar-refractivity contribution in [2.45, 2.75) is 31.9 Å². The number of carbonyl (C=O) groups is 2. The van der Waals surface area contributed by atoms with Gasteiger partial charge in [0.15, 0.2) is 5.84 Å². The number of hydrogen-bond acceptors (Lipinski definition) is 9. The number of hydrogen-bond donors (Lipinski definition) is 2. The Morgan fingerprint density at radius 3 is 2.94 bits per heavy atom. The molecule has 2 aliphatic rings. The number of carboxylic acids is 1. The van der Waals surface area contributed by atoms with Crippen molar-refractivity contribution in [2.24, 2.45) is 4.99 Å². The number of aliphatic imine (C=N–C) groups is 1. The highest BCUT2D eigenvalue weighted by Crippen LogP contribution is 2.37. The van der Waals surface area contributed by atoms with Crippen LogP contribution < -0.4 is 5.32 Å². The molecule has 1 aromatic carbocycles. The average molecular weight is 581 g/mol. The van der Waals surface area contributed by atoms with Crippen LogP contribution in [0.5, 0.6) is 0 Å². The molecule has 1 aromatic heterocycles. The van der Waals surface area contributed by atoms with Gasteiger partial charge < -0.3 is 19.9 Å². The standard InChI is InChI=1S/C24H26BrFN4O5S/c1-2-34-24(33)21-18(11-30-7-8-35-15(10-30)4-6-20(31)32)28-23(19-12-36-13-27-19)29-22(21)16-5-3-14(26)9-17(16)25/h3,5,9,12-13,15,22H,2,4,6-8,10-11H2,1H3,(H,28,29)(H,31,32). The van der Waals surface area contributed by atoms with Crippen molar-refractivity contribution in [3.05, 3.63) is 61.9 Å². The molecule has 0 radical (unpaired) electrons. The normalized spacial score (nSPS) is 20.6. The Balaban J connectivity index is 1.71. The Kier molecular flexibility index (Phi) is 8.83. The molecule has 2 aliphatic heterocycles. The average Bonchev–Trinajstić information content (AvgIpc) is 3.38. The molecule has 12 heteroatoms. The van der Waals surface area contributed by atoms with Gasteiger partial charge in [0, 0.05) is 41.6 Å². The van der Waals surface area contributed by atoms with Crippen LogP contribution in [0, 0.1) is 5.82 Å². The predicted octanol–water partition coefficient (Wildman–Crippen LogP) is 3.52. The number of ether oxygens (including phenoxy) is 2. The molecule has 2 aromatic rings. The van der Waals surface area contributed by atoms with Crippen molar-refractivity contribution in [2.75, 3.05) is 32.8 Å². The first-order valence-electron chi connectivity index (χ1n) is 11.5. The molecular formula is C24H26BrFN4O5S. The summed E-state index contributed by atoms with van der Waals surface area (Å²) in [5.41, 5.74) is 3.88. The van der Waals surface area contributed by atoms with Gasteiger partial charge in [-0.1, -0.05) is 22.0 Å². The Hall–Kier alpha value is -2.67. The summed E-state index contributed by atoms with van der Waals surface area (Å²) in [5, 5.41) is 14.2. The van der Waals surface area contributed by atoms with E-state index in [1.54, 1.807) is 18.5 Å². The van der Waals surface area contributed by atoms with Crippen LogP contribution in [0.2, 0.25) is 0 Å². The number of benzene rings is 1. The maximum Gasteiger partial charge on any atom is 0.338 e. The van der Waals surface area contributed by atoms with E-state index >= 15 is 0 Å². The molecule has 192 valence electrons. The van der Waals surface area contributed by atoms with Crippen LogP contribution in [0.1, 0.15) is 37.1 Å². The van der Waals surface area contributed by atoms with Crippen molar-refractivity contribution in [3.63, 3.8) is 0 Å². The molecule has 0 amide bonds. The fourth-order valence-electron chi connectivity index (χ4n) is 4.18. The minimum absolute atomic E-state index is 0.0226. The molecule has 3 heterocycles. The van der Waals surface area contributed by atoms with Crippen LogP contribution in [-0.4, -0.2) is 71.7 Å². The van der Waals surface area contributed by atoms with Gasteiger partial charge in [-0.15, -0.1) is 11.3 Å². The van der Waals surface area contributed by atoms with Crippen LogP contribution in [0.15, 0.2) is 49.8 Å². The van der Waals surface area contributed by atoms with E-state index in [1.165, 1.54) is 23.5 Å². The predicted molar refractivity (Wildman–Crippen MR) is 135 cm³/mol. The van der Waals surface area contributed by atoms with Crippen LogP contribution in [0.3, 0.4) is 0 Å². The highest BCUT2D eigenvalue weighted by Gasteiger charge is 2.35. The molecule has 36 heavy (non-hydrogen) atoms. The lowest BCUT2D eigenvalue weighted by atomic mass is 9.95. The molecule has 9 nitrogen and oxygen atoms in total. The quantitative estimate of drug-likeness (QED) is 0.433. The van der Waals surface area contributed by atoms with E-state index in [4.69, 9.17) is 19.6 Å². The summed E-state index contributed by atoms with van der Waals surface area (Å²) in [6.45, 7) is 3.86. The maximum atomic E-state index is 13.9. The number of aliphatic carboxylic acids is 1. The summed E-state index contributed by atoms with van der Waals surface area (Å²) in [7, 11) is 0. The van der Waals surface area contributed by atoms with E-state index in [2.05, 4.69) is 31.1 Å². The summed E-state index contributed by atoms with van der Waals surface area (Å²) < 4.78 is 25.5. The fourth-order valence-corrected chi connectivity index (χ4v) is 5.29. The van der Waals surface area contributed by atoms with Gasteiger partial charge in [-0.3, -0.25) is 14.7 Å². The number of halogens is 2. The van der Waals surface area contributed by atoms with Gasteiger partial charge in [-0.2, -0.15) is 0 Å². The topological polar surface area (TPSA) is 113 Å². The van der Waals surface area contributed by atoms with Gasteiger partial charge in [-0.25, -0.2) is 14.2 Å². The zero-order valence-corrected chi connectivity index (χ0v) is 22.0. The fraction of sp³-hybridized carbons (Fsp3) is 0.417. The molecule has 0 aliphatic carbocycles. The molecular weight excluding hydrogens is 555 g/mol. The van der Waals surface area contributed by atoms with E-state index in [0.29, 0.717) is 65.5 Å². The van der Waals surface area contributed by atoms with Gasteiger partial charge in [0.1, 0.15) is 17.6 Å². The third kappa shape index (κ3) is 6.36. The van der Waals surface area contributed by atoms with Crippen molar-refractivity contribution in [1.29, 1.82) is 0 Å². The van der Waals surface area contributed by atoms with Crippen LogP contribution in [0.25, 0.3) is 0 Å². The largest absolute Gasteiger partial charge is 0.481 e. The summed E-state index contributed by atoms with van der Waals surface area (Å²) >= 11 is 4.85. The second kappa shape index (κ2) is 12.0. The summed E-state index contributed by atoms with van der Waals surface area (Å²) in [4.78, 5) is 35.5. The molecule has 2 atom stereocenters. The second-order valence-electron chi connectivity index (χ2n) is 8.32. The van der Waals surface area contributed by atoms with Crippen molar-refractivity contribution in [1.82, 2.24) is 15.2 Å². The number of carbonyl (C=O) groups excluding carboxylic acids is 1. The Bertz CT molecular complexity index is 1170. The van der Waals surface area contributed by atoms with Gasteiger partial charge in [0.2, 0.25) is 0 Å². The molecule has 1 saturated heterocycles. The van der Waals surface area contributed by atoms with E-state index in [0.717, 1.165) is 0 Å². The van der Waals surface area contributed by atoms with Crippen LogP contribution in [-0.2, 0) is 19.1 Å². The lowest BCUT2D eigenvalue weighted by molar-refractivity contribution is -0.139. The van der Waals surface area contributed by atoms with E-state index < -0.39 is 23.8 Å². The lowest BCUT2D eigenvalue weighted by Gasteiger charge is -2.35. The monoisotopic (exact) mass is 580 g/mol. The Morgan fingerprint density at radius 1 is 1.42 bits per heavy atom.